The van der Waals surface area contributed by atoms with Crippen molar-refractivity contribution in [1.29, 1.82) is 0 Å². The lowest BCUT2D eigenvalue weighted by Gasteiger charge is -2.07. The standard InChI is InChI=1S/C9H13N3O5/c13-7(8(14)15)2-3-10-9(16)11-5-6-1-4-12-17-6/h1,4,7,13H,2-3,5H2,(H,14,15)(H2,10,11,16). The van der Waals surface area contributed by atoms with E-state index in [9.17, 15) is 9.59 Å². The average Bonchev–Trinajstić information content (AvgIpc) is 2.78. The molecule has 8 heteroatoms. The average molecular weight is 243 g/mol. The van der Waals surface area contributed by atoms with Crippen LogP contribution in [0.2, 0.25) is 0 Å². The van der Waals surface area contributed by atoms with Crippen LogP contribution in [0.25, 0.3) is 0 Å². The van der Waals surface area contributed by atoms with Crippen LogP contribution in [0.4, 0.5) is 4.79 Å². The predicted molar refractivity (Wildman–Crippen MR) is 55.0 cm³/mol. The Morgan fingerprint density at radius 2 is 2.24 bits per heavy atom. The fourth-order valence-corrected chi connectivity index (χ4v) is 1.01. The van der Waals surface area contributed by atoms with Gasteiger partial charge in [0.2, 0.25) is 0 Å². The number of nitrogens with zero attached hydrogens (tertiary/aromatic N) is 1. The molecule has 1 atom stereocenters. The van der Waals surface area contributed by atoms with Crippen molar-refractivity contribution >= 4 is 12.0 Å². The minimum Gasteiger partial charge on any atom is -0.479 e. The summed E-state index contributed by atoms with van der Waals surface area (Å²) in [5, 5.41) is 25.6. The van der Waals surface area contributed by atoms with E-state index in [1.807, 2.05) is 0 Å². The van der Waals surface area contributed by atoms with E-state index in [0.29, 0.717) is 5.76 Å². The molecule has 0 aromatic carbocycles. The van der Waals surface area contributed by atoms with Crippen LogP contribution in [0.1, 0.15) is 12.2 Å². The summed E-state index contributed by atoms with van der Waals surface area (Å²) in [7, 11) is 0. The normalized spacial score (nSPS) is 11.8. The Morgan fingerprint density at radius 3 is 2.82 bits per heavy atom. The van der Waals surface area contributed by atoms with Crippen molar-refractivity contribution in [2.45, 2.75) is 19.1 Å². The summed E-state index contributed by atoms with van der Waals surface area (Å²) in [5.74, 6) is -0.806. The molecule has 8 nitrogen and oxygen atoms in total. The van der Waals surface area contributed by atoms with E-state index < -0.39 is 18.1 Å². The van der Waals surface area contributed by atoms with Gasteiger partial charge in [0.25, 0.3) is 0 Å². The summed E-state index contributed by atoms with van der Waals surface area (Å²) in [4.78, 5) is 21.4. The third-order valence-corrected chi connectivity index (χ3v) is 1.90. The first-order chi connectivity index (χ1) is 8.09. The summed E-state index contributed by atoms with van der Waals surface area (Å²) >= 11 is 0. The van der Waals surface area contributed by atoms with E-state index in [-0.39, 0.29) is 19.5 Å². The highest BCUT2D eigenvalue weighted by atomic mass is 16.5. The molecular weight excluding hydrogens is 230 g/mol. The van der Waals surface area contributed by atoms with Crippen LogP contribution in [0, 0.1) is 0 Å². The lowest BCUT2D eigenvalue weighted by atomic mass is 10.2. The largest absolute Gasteiger partial charge is 0.479 e. The topological polar surface area (TPSA) is 125 Å². The molecular formula is C9H13N3O5. The van der Waals surface area contributed by atoms with E-state index in [2.05, 4.69) is 15.8 Å². The van der Waals surface area contributed by atoms with Gasteiger partial charge in [-0.15, -0.1) is 0 Å². The van der Waals surface area contributed by atoms with E-state index in [1.165, 1.54) is 6.20 Å². The molecule has 1 heterocycles. The van der Waals surface area contributed by atoms with Gasteiger partial charge in [-0.3, -0.25) is 0 Å². The lowest BCUT2D eigenvalue weighted by molar-refractivity contribution is -0.146. The number of urea groups is 1. The van der Waals surface area contributed by atoms with Crippen molar-refractivity contribution in [3.63, 3.8) is 0 Å². The molecule has 0 aliphatic rings. The number of carbonyl (C=O) groups is 2. The van der Waals surface area contributed by atoms with E-state index in [1.54, 1.807) is 6.07 Å². The van der Waals surface area contributed by atoms with Gasteiger partial charge < -0.3 is 25.4 Å². The molecule has 2 amide bonds. The van der Waals surface area contributed by atoms with Crippen LogP contribution in [0.3, 0.4) is 0 Å². The zero-order chi connectivity index (χ0) is 12.7. The first kappa shape index (κ1) is 13.0. The Labute approximate surface area is 96.6 Å². The van der Waals surface area contributed by atoms with Crippen LogP contribution >= 0.6 is 0 Å². The van der Waals surface area contributed by atoms with Gasteiger partial charge in [-0.25, -0.2) is 9.59 Å². The SMILES string of the molecule is O=C(NCCC(O)C(=O)O)NCc1ccno1. The molecule has 17 heavy (non-hydrogen) atoms. The van der Waals surface area contributed by atoms with Crippen molar-refractivity contribution in [2.24, 2.45) is 0 Å². The second-order valence-corrected chi connectivity index (χ2v) is 3.23. The molecule has 0 aliphatic carbocycles. The maximum absolute atomic E-state index is 11.2. The highest BCUT2D eigenvalue weighted by molar-refractivity contribution is 5.74. The van der Waals surface area contributed by atoms with Gasteiger partial charge in [0.1, 0.15) is 0 Å². The van der Waals surface area contributed by atoms with Gasteiger partial charge >= 0.3 is 12.0 Å². The van der Waals surface area contributed by atoms with Gasteiger partial charge in [-0.05, 0) is 0 Å². The number of aliphatic hydroxyl groups excluding tert-OH is 1. The molecule has 0 bridgehead atoms. The molecule has 94 valence electrons. The maximum Gasteiger partial charge on any atom is 0.332 e. The van der Waals surface area contributed by atoms with Crippen molar-refractivity contribution in [2.75, 3.05) is 6.54 Å². The Hall–Kier alpha value is -2.09. The van der Waals surface area contributed by atoms with E-state index in [0.717, 1.165) is 0 Å². The number of hydrogen-bond acceptors (Lipinski definition) is 5. The van der Waals surface area contributed by atoms with Gasteiger partial charge in [0.05, 0.1) is 12.7 Å². The second-order valence-electron chi connectivity index (χ2n) is 3.23. The number of carbonyl (C=O) groups excluding carboxylic acids is 1. The van der Waals surface area contributed by atoms with Gasteiger partial charge in [0, 0.05) is 19.0 Å². The van der Waals surface area contributed by atoms with Crippen LogP contribution in [0.15, 0.2) is 16.8 Å². The fraction of sp³-hybridized carbons (Fsp3) is 0.444. The molecule has 1 rings (SSSR count). The zero-order valence-corrected chi connectivity index (χ0v) is 8.92. The Balaban J connectivity index is 2.11. The molecule has 1 unspecified atom stereocenters. The zero-order valence-electron chi connectivity index (χ0n) is 8.92. The van der Waals surface area contributed by atoms with Gasteiger partial charge in [-0.2, -0.15) is 0 Å². The first-order valence-electron chi connectivity index (χ1n) is 4.91. The molecule has 1 aromatic rings. The molecule has 0 saturated carbocycles. The maximum atomic E-state index is 11.2. The summed E-state index contributed by atoms with van der Waals surface area (Å²) in [6.45, 7) is 0.253. The summed E-state index contributed by atoms with van der Waals surface area (Å²) in [5.41, 5.74) is 0. The van der Waals surface area contributed by atoms with Crippen molar-refractivity contribution in [3.05, 3.63) is 18.0 Å². The summed E-state index contributed by atoms with van der Waals surface area (Å²) < 4.78 is 4.75. The van der Waals surface area contributed by atoms with Gasteiger partial charge in [-0.1, -0.05) is 5.16 Å². The van der Waals surface area contributed by atoms with Crippen LogP contribution < -0.4 is 10.6 Å². The number of carboxylic acid groups (broad SMARTS) is 1. The van der Waals surface area contributed by atoms with E-state index >= 15 is 0 Å². The number of aromatic nitrogens is 1. The van der Waals surface area contributed by atoms with Crippen LogP contribution in [0.5, 0.6) is 0 Å². The molecule has 0 radical (unpaired) electrons. The quantitative estimate of drug-likeness (QED) is 0.524. The smallest absolute Gasteiger partial charge is 0.332 e. The minimum atomic E-state index is -1.47. The minimum absolute atomic E-state index is 0.0505. The molecule has 0 aliphatic heterocycles. The molecule has 0 spiro atoms. The Morgan fingerprint density at radius 1 is 1.47 bits per heavy atom. The monoisotopic (exact) mass is 243 g/mol. The van der Waals surface area contributed by atoms with Crippen molar-refractivity contribution < 1.29 is 24.3 Å². The van der Waals surface area contributed by atoms with Crippen molar-refractivity contribution in [3.8, 4) is 0 Å². The van der Waals surface area contributed by atoms with E-state index in [4.69, 9.17) is 14.7 Å². The predicted octanol–water partition coefficient (Wildman–Crippen LogP) is -0.691. The highest BCUT2D eigenvalue weighted by Gasteiger charge is 2.12. The molecule has 0 fully saturated rings. The van der Waals surface area contributed by atoms with Crippen LogP contribution in [-0.4, -0.2) is 40.0 Å². The highest BCUT2D eigenvalue weighted by Crippen LogP contribution is 1.94. The van der Waals surface area contributed by atoms with Crippen LogP contribution in [-0.2, 0) is 11.3 Å². The number of amides is 2. The third kappa shape index (κ3) is 4.98. The van der Waals surface area contributed by atoms with Crippen molar-refractivity contribution in [1.82, 2.24) is 15.8 Å². The summed E-state index contributed by atoms with van der Waals surface area (Å²) in [6, 6.07) is 1.13. The Bertz CT molecular complexity index is 365. The third-order valence-electron chi connectivity index (χ3n) is 1.90. The fourth-order valence-electron chi connectivity index (χ4n) is 1.01. The number of aliphatic carboxylic acids is 1. The second kappa shape index (κ2) is 6.48. The first-order valence-corrected chi connectivity index (χ1v) is 4.91. The van der Waals surface area contributed by atoms with Gasteiger partial charge in [0.15, 0.2) is 11.9 Å². The molecule has 4 N–H and O–H groups in total. The molecule has 0 saturated heterocycles. The number of carboxylic acids is 1. The number of aliphatic hydroxyl groups is 1. The Kier molecular flexibility index (Phi) is 4.95. The lowest BCUT2D eigenvalue weighted by Crippen LogP contribution is -2.37. The number of hydrogen-bond donors (Lipinski definition) is 4. The number of nitrogens with one attached hydrogen (secondary N) is 2. The summed E-state index contributed by atoms with van der Waals surface area (Å²) in [6.07, 6.45) is -0.0620. The number of rotatable bonds is 6. The molecule has 1 aromatic heterocycles.